The number of aryl methyl sites for hydroxylation is 1. The van der Waals surface area contributed by atoms with E-state index < -0.39 is 23.3 Å². The molecule has 1 N–H and O–H groups in total. The van der Waals surface area contributed by atoms with Crippen LogP contribution in [0.5, 0.6) is 0 Å². The fraction of sp³-hybridized carbons (Fsp3) is 0.556. The Balaban J connectivity index is 1.57. The highest BCUT2D eigenvalue weighted by molar-refractivity contribution is 5.95. The average molecular weight is 413 g/mol. The summed E-state index contributed by atoms with van der Waals surface area (Å²) in [5.41, 5.74) is -1.53. The number of rotatable bonds is 5. The summed E-state index contributed by atoms with van der Waals surface area (Å²) >= 11 is 0. The number of nitrogens with one attached hydrogen (secondary N) is 1. The third-order valence-corrected chi connectivity index (χ3v) is 4.97. The molecule has 2 aromatic heterocycles. The van der Waals surface area contributed by atoms with Gasteiger partial charge in [-0.25, -0.2) is 0 Å². The molecule has 29 heavy (non-hydrogen) atoms. The van der Waals surface area contributed by atoms with Crippen LogP contribution < -0.4 is 5.32 Å². The minimum atomic E-state index is -4.71. The van der Waals surface area contributed by atoms with E-state index in [4.69, 9.17) is 4.52 Å². The lowest BCUT2D eigenvalue weighted by molar-refractivity contribution is -0.141. The van der Waals surface area contributed by atoms with Crippen molar-refractivity contribution in [3.05, 3.63) is 35.0 Å². The Morgan fingerprint density at radius 2 is 2.00 bits per heavy atom. The van der Waals surface area contributed by atoms with Crippen LogP contribution in [0.2, 0.25) is 0 Å². The number of amides is 2. The first kappa shape index (κ1) is 20.9. The van der Waals surface area contributed by atoms with Gasteiger partial charge in [0.05, 0.1) is 5.56 Å². The van der Waals surface area contributed by atoms with E-state index >= 15 is 0 Å². The van der Waals surface area contributed by atoms with Gasteiger partial charge in [-0.2, -0.15) is 18.3 Å². The smallest absolute Gasteiger partial charge is 0.360 e. The monoisotopic (exact) mass is 413 g/mol. The van der Waals surface area contributed by atoms with Crippen LogP contribution in [0, 0.1) is 0 Å². The largest absolute Gasteiger partial charge is 0.435 e. The topological polar surface area (TPSA) is 93.3 Å². The van der Waals surface area contributed by atoms with Gasteiger partial charge in [0.2, 0.25) is 0 Å². The molecule has 0 radical (unpaired) electrons. The highest BCUT2D eigenvalue weighted by Crippen LogP contribution is 2.31. The number of aromatic nitrogens is 3. The molecule has 2 aromatic rings. The molecule has 2 heterocycles. The summed E-state index contributed by atoms with van der Waals surface area (Å²) in [5.74, 6) is -0.424. The lowest BCUT2D eigenvalue weighted by Crippen LogP contribution is -2.54. The molecule has 1 aliphatic carbocycles. The van der Waals surface area contributed by atoms with Gasteiger partial charge in [-0.05, 0) is 12.8 Å². The minimum Gasteiger partial charge on any atom is -0.360 e. The Kier molecular flexibility index (Phi) is 5.42. The van der Waals surface area contributed by atoms with Gasteiger partial charge in [-0.1, -0.05) is 19.0 Å². The fourth-order valence-electron chi connectivity index (χ4n) is 3.16. The number of halogens is 3. The molecular weight excluding hydrogens is 391 g/mol. The minimum absolute atomic E-state index is 0.103. The molecule has 0 aliphatic heterocycles. The molecule has 11 heteroatoms. The van der Waals surface area contributed by atoms with Gasteiger partial charge in [-0.15, -0.1) is 0 Å². The Bertz CT molecular complexity index is 912. The van der Waals surface area contributed by atoms with Crippen molar-refractivity contribution in [1.82, 2.24) is 25.2 Å². The van der Waals surface area contributed by atoms with E-state index in [-0.39, 0.29) is 29.6 Å². The molecule has 3 rings (SSSR count). The Morgan fingerprint density at radius 1 is 1.34 bits per heavy atom. The third-order valence-electron chi connectivity index (χ3n) is 4.97. The van der Waals surface area contributed by atoms with Crippen molar-refractivity contribution in [1.29, 1.82) is 0 Å². The maximum atomic E-state index is 13.0. The van der Waals surface area contributed by atoms with Crippen molar-refractivity contribution >= 4 is 11.8 Å². The van der Waals surface area contributed by atoms with Crippen molar-refractivity contribution in [3.63, 3.8) is 0 Å². The van der Waals surface area contributed by atoms with Crippen LogP contribution in [0.1, 0.15) is 64.9 Å². The van der Waals surface area contributed by atoms with E-state index in [1.165, 1.54) is 11.9 Å². The molecule has 158 valence electrons. The second-order valence-electron chi connectivity index (χ2n) is 7.54. The predicted molar refractivity (Wildman–Crippen MR) is 95.2 cm³/mol. The van der Waals surface area contributed by atoms with E-state index in [1.54, 1.807) is 13.1 Å². The van der Waals surface area contributed by atoms with Crippen LogP contribution in [-0.4, -0.2) is 50.8 Å². The van der Waals surface area contributed by atoms with Crippen LogP contribution in [0.4, 0.5) is 13.2 Å². The highest BCUT2D eigenvalue weighted by Gasteiger charge is 2.41. The van der Waals surface area contributed by atoms with E-state index in [1.807, 2.05) is 13.8 Å². The molecule has 0 saturated heterocycles. The Labute approximate surface area is 165 Å². The average Bonchev–Trinajstić information content (AvgIpc) is 3.22. The number of carbonyl (C=O) groups is 2. The Morgan fingerprint density at radius 3 is 2.55 bits per heavy atom. The van der Waals surface area contributed by atoms with E-state index in [0.717, 1.165) is 10.9 Å². The fourth-order valence-corrected chi connectivity index (χ4v) is 3.16. The lowest BCUT2D eigenvalue weighted by Gasteiger charge is -2.41. The third kappa shape index (κ3) is 4.28. The van der Waals surface area contributed by atoms with Gasteiger partial charge in [0.15, 0.2) is 11.4 Å². The van der Waals surface area contributed by atoms with Crippen LogP contribution >= 0.6 is 0 Å². The molecule has 0 aromatic carbocycles. The van der Waals surface area contributed by atoms with E-state index in [9.17, 15) is 22.8 Å². The number of hydrogen-bond donors (Lipinski definition) is 1. The van der Waals surface area contributed by atoms with Crippen molar-refractivity contribution in [2.24, 2.45) is 7.05 Å². The van der Waals surface area contributed by atoms with Gasteiger partial charge in [0.1, 0.15) is 5.76 Å². The normalized spacial score (nSPS) is 19.2. The molecular formula is C18H22F3N5O3. The predicted octanol–water partition coefficient (Wildman–Crippen LogP) is 2.58. The number of carbonyl (C=O) groups excluding carboxylic acids is 2. The second-order valence-corrected chi connectivity index (χ2v) is 7.54. The van der Waals surface area contributed by atoms with Crippen LogP contribution in [0.25, 0.3) is 0 Å². The zero-order valence-electron chi connectivity index (χ0n) is 16.4. The van der Waals surface area contributed by atoms with Crippen molar-refractivity contribution in [2.75, 3.05) is 7.05 Å². The summed E-state index contributed by atoms with van der Waals surface area (Å²) in [6.07, 6.45) is -2.80. The summed E-state index contributed by atoms with van der Waals surface area (Å²) in [6, 6.07) is 1.12. The van der Waals surface area contributed by atoms with Gasteiger partial charge in [-0.3, -0.25) is 14.3 Å². The summed E-state index contributed by atoms with van der Waals surface area (Å²) in [4.78, 5) is 26.3. The maximum absolute atomic E-state index is 13.0. The first-order chi connectivity index (χ1) is 13.5. The zero-order valence-corrected chi connectivity index (χ0v) is 16.4. The quantitative estimate of drug-likeness (QED) is 0.813. The molecule has 0 bridgehead atoms. The first-order valence-corrected chi connectivity index (χ1v) is 9.12. The SMILES string of the molecule is CC(C)c1cc(C(=O)N(C)C2CC(NC(=O)c3cn(C)nc3C(F)(F)F)C2)no1. The molecule has 0 atom stereocenters. The summed E-state index contributed by atoms with van der Waals surface area (Å²) in [5, 5.41) is 9.70. The Hall–Kier alpha value is -2.85. The number of hydrogen-bond acceptors (Lipinski definition) is 5. The molecule has 1 saturated carbocycles. The molecule has 8 nitrogen and oxygen atoms in total. The standard InChI is InChI=1S/C18H22F3N5O3/c1-9(2)14-7-13(24-29-14)17(28)26(4)11-5-10(6-11)22-16(27)12-8-25(3)23-15(12)18(19,20)21/h7-11H,5-6H2,1-4H3,(H,22,27). The molecule has 0 unspecified atom stereocenters. The van der Waals surface area contributed by atoms with Crippen LogP contribution in [0.15, 0.2) is 16.8 Å². The highest BCUT2D eigenvalue weighted by atomic mass is 19.4. The van der Waals surface area contributed by atoms with E-state index in [0.29, 0.717) is 18.6 Å². The maximum Gasteiger partial charge on any atom is 0.435 e. The van der Waals surface area contributed by atoms with Crippen LogP contribution in [0.3, 0.4) is 0 Å². The molecule has 2 amide bonds. The van der Waals surface area contributed by atoms with Gasteiger partial charge >= 0.3 is 6.18 Å². The summed E-state index contributed by atoms with van der Waals surface area (Å²) in [6.45, 7) is 3.84. The number of alkyl halides is 3. The molecule has 1 fully saturated rings. The summed E-state index contributed by atoms with van der Waals surface area (Å²) in [7, 11) is 2.94. The van der Waals surface area contributed by atoms with Gasteiger partial charge in [0, 0.05) is 44.4 Å². The lowest BCUT2D eigenvalue weighted by atomic mass is 9.85. The first-order valence-electron chi connectivity index (χ1n) is 9.12. The zero-order chi connectivity index (χ0) is 21.5. The molecule has 0 spiro atoms. The van der Waals surface area contributed by atoms with Gasteiger partial charge in [0.25, 0.3) is 11.8 Å². The second kappa shape index (κ2) is 7.53. The van der Waals surface area contributed by atoms with Gasteiger partial charge < -0.3 is 14.7 Å². The van der Waals surface area contributed by atoms with Crippen molar-refractivity contribution < 1.29 is 27.3 Å². The van der Waals surface area contributed by atoms with Crippen molar-refractivity contribution in [2.45, 2.75) is 50.9 Å². The summed E-state index contributed by atoms with van der Waals surface area (Å²) < 4.78 is 45.1. The van der Waals surface area contributed by atoms with Crippen LogP contribution in [-0.2, 0) is 13.2 Å². The van der Waals surface area contributed by atoms with E-state index in [2.05, 4.69) is 15.6 Å². The van der Waals surface area contributed by atoms with Crippen molar-refractivity contribution in [3.8, 4) is 0 Å². The molecule has 1 aliphatic rings. The number of nitrogens with zero attached hydrogens (tertiary/aromatic N) is 4.